The van der Waals surface area contributed by atoms with E-state index in [9.17, 15) is 24.0 Å². The molecule has 56 heavy (non-hydrogen) atoms. The molecule has 0 unspecified atom stereocenters. The predicted molar refractivity (Wildman–Crippen MR) is 213 cm³/mol. The molecule has 1 aliphatic rings. The van der Waals surface area contributed by atoms with Crippen molar-refractivity contribution < 1.29 is 47.7 Å². The first-order valence-corrected chi connectivity index (χ1v) is 19.6. The maximum absolute atomic E-state index is 14.4. The largest absolute Gasteiger partial charge is 0.458 e. The number of nitrogens with zero attached hydrogens (tertiary/aromatic N) is 3. The second kappa shape index (κ2) is 21.6. The first-order valence-electron chi connectivity index (χ1n) is 19.6. The van der Waals surface area contributed by atoms with Gasteiger partial charge in [-0.3, -0.25) is 9.69 Å². The van der Waals surface area contributed by atoms with Crippen LogP contribution in [0.2, 0.25) is 0 Å². The number of ether oxygens (including phenoxy) is 5. The predicted octanol–water partition coefficient (Wildman–Crippen LogP) is 6.20. The average molecular weight is 782 g/mol. The average Bonchev–Trinajstić information content (AvgIpc) is 3.15. The highest BCUT2D eigenvalue weighted by molar-refractivity contribution is 5.90. The van der Waals surface area contributed by atoms with Crippen molar-refractivity contribution in [1.29, 1.82) is 0 Å². The van der Waals surface area contributed by atoms with Gasteiger partial charge < -0.3 is 33.5 Å². The van der Waals surface area contributed by atoms with E-state index >= 15 is 0 Å². The maximum Gasteiger partial charge on any atom is 0.410 e. The summed E-state index contributed by atoms with van der Waals surface area (Å²) >= 11 is 0. The van der Waals surface area contributed by atoms with E-state index in [1.807, 2.05) is 82.3 Å². The van der Waals surface area contributed by atoms with E-state index in [4.69, 9.17) is 23.7 Å². The SMILES string of the molecule is CC(C)C[C@@H](C(=O)O[C@H](CCc1ccc(N2CCOCC2)cc1)C(=O)N(C)[C@@H](CC(C)C)C(=O)O[C@H](C)C(=O)OCc1ccccc1)N(C)C(=O)OC(C)(C)C. The minimum Gasteiger partial charge on any atom is -0.458 e. The molecule has 1 saturated heterocycles. The summed E-state index contributed by atoms with van der Waals surface area (Å²) in [4.78, 5) is 72.7. The van der Waals surface area contributed by atoms with E-state index in [1.165, 1.54) is 30.8 Å². The maximum atomic E-state index is 14.4. The number of anilines is 1. The van der Waals surface area contributed by atoms with E-state index in [1.54, 1.807) is 20.8 Å². The van der Waals surface area contributed by atoms with Gasteiger partial charge in [0.2, 0.25) is 0 Å². The van der Waals surface area contributed by atoms with Crippen LogP contribution in [0.4, 0.5) is 10.5 Å². The zero-order valence-electron chi connectivity index (χ0n) is 34.9. The summed E-state index contributed by atoms with van der Waals surface area (Å²) in [5, 5.41) is 0. The van der Waals surface area contributed by atoms with Gasteiger partial charge in [-0.15, -0.1) is 0 Å². The number of benzene rings is 2. The van der Waals surface area contributed by atoms with E-state index in [0.29, 0.717) is 19.6 Å². The zero-order chi connectivity index (χ0) is 41.6. The first kappa shape index (κ1) is 45.7. The molecular weight excluding hydrogens is 718 g/mol. The minimum atomic E-state index is -1.32. The number of hydrogen-bond acceptors (Lipinski definition) is 11. The number of carbonyl (C=O) groups is 5. The Morgan fingerprint density at radius 3 is 1.84 bits per heavy atom. The van der Waals surface area contributed by atoms with Gasteiger partial charge in [-0.1, -0.05) is 70.2 Å². The summed E-state index contributed by atoms with van der Waals surface area (Å²) < 4.78 is 28.0. The number of likely N-dealkylation sites (N-methyl/N-ethyl adjacent to an activating group) is 2. The van der Waals surface area contributed by atoms with Gasteiger partial charge in [0.1, 0.15) is 24.3 Å². The number of amides is 2. The van der Waals surface area contributed by atoms with Crippen molar-refractivity contribution in [1.82, 2.24) is 9.80 Å². The van der Waals surface area contributed by atoms with Crippen LogP contribution < -0.4 is 4.90 Å². The summed E-state index contributed by atoms with van der Waals surface area (Å²) in [5.41, 5.74) is 1.96. The molecular formula is C43H63N3O10. The van der Waals surface area contributed by atoms with Crippen molar-refractivity contribution in [2.45, 2.75) is 118 Å². The van der Waals surface area contributed by atoms with Crippen molar-refractivity contribution in [2.75, 3.05) is 45.3 Å². The van der Waals surface area contributed by atoms with Crippen LogP contribution in [0.1, 0.15) is 85.8 Å². The van der Waals surface area contributed by atoms with Crippen molar-refractivity contribution in [3.63, 3.8) is 0 Å². The third-order valence-electron chi connectivity index (χ3n) is 9.29. The highest BCUT2D eigenvalue weighted by Crippen LogP contribution is 2.23. The fourth-order valence-corrected chi connectivity index (χ4v) is 6.15. The Morgan fingerprint density at radius 2 is 1.29 bits per heavy atom. The molecule has 3 rings (SSSR count). The first-order chi connectivity index (χ1) is 26.4. The standard InChI is InChI=1S/C43H63N3O10/c1-29(2)26-35(40(49)54-31(5)39(48)53-28-33-14-12-11-13-15-33)44(9)38(47)37(21-18-32-16-19-34(20-17-32)46-22-24-52-25-23-46)55-41(50)36(27-30(3)4)45(10)42(51)56-43(6,7)8/h11-17,19-20,29-31,35-37H,18,21-28H2,1-10H3/t31-,35+,36+,37-/m1/s1. The van der Waals surface area contributed by atoms with Crippen LogP contribution in [-0.4, -0.2) is 110 Å². The number of esters is 3. The van der Waals surface area contributed by atoms with Gasteiger partial charge in [-0.05, 0) is 88.5 Å². The van der Waals surface area contributed by atoms with E-state index < -0.39 is 59.8 Å². The van der Waals surface area contributed by atoms with E-state index in [0.717, 1.165) is 29.9 Å². The molecule has 0 radical (unpaired) electrons. The molecule has 13 nitrogen and oxygen atoms in total. The molecule has 0 aliphatic carbocycles. The fourth-order valence-electron chi connectivity index (χ4n) is 6.15. The lowest BCUT2D eigenvalue weighted by Gasteiger charge is -2.33. The van der Waals surface area contributed by atoms with Crippen molar-refractivity contribution >= 4 is 35.6 Å². The third kappa shape index (κ3) is 14.8. The lowest BCUT2D eigenvalue weighted by molar-refractivity contribution is -0.174. The van der Waals surface area contributed by atoms with Gasteiger partial charge in [-0.2, -0.15) is 0 Å². The lowest BCUT2D eigenvalue weighted by atomic mass is 10.0. The highest BCUT2D eigenvalue weighted by atomic mass is 16.6. The topological polar surface area (TPSA) is 141 Å². The number of morpholine rings is 1. The van der Waals surface area contributed by atoms with Crippen LogP contribution in [0.3, 0.4) is 0 Å². The molecule has 0 saturated carbocycles. The Morgan fingerprint density at radius 1 is 0.732 bits per heavy atom. The fraction of sp³-hybridized carbons (Fsp3) is 0.605. The van der Waals surface area contributed by atoms with Crippen molar-refractivity contribution in [2.24, 2.45) is 11.8 Å². The Bertz CT molecular complexity index is 1570. The molecule has 0 bridgehead atoms. The number of aryl methyl sites for hydroxylation is 1. The second-order valence-corrected chi connectivity index (χ2v) is 16.2. The number of carbonyl (C=O) groups excluding carboxylic acids is 5. The normalized spacial score (nSPS) is 15.3. The van der Waals surface area contributed by atoms with Gasteiger partial charge in [0.05, 0.1) is 13.2 Å². The van der Waals surface area contributed by atoms with Gasteiger partial charge in [0, 0.05) is 32.9 Å². The third-order valence-corrected chi connectivity index (χ3v) is 9.29. The molecule has 310 valence electrons. The van der Waals surface area contributed by atoms with Gasteiger partial charge in [0.25, 0.3) is 5.91 Å². The summed E-state index contributed by atoms with van der Waals surface area (Å²) in [6.07, 6.45) is -2.30. The molecule has 0 aromatic heterocycles. The Hall–Kier alpha value is -4.65. The molecule has 4 atom stereocenters. The smallest absolute Gasteiger partial charge is 0.410 e. The highest BCUT2D eigenvalue weighted by Gasteiger charge is 2.39. The Kier molecular flexibility index (Phi) is 17.6. The number of hydrogen-bond donors (Lipinski definition) is 0. The molecule has 1 heterocycles. The molecule has 0 N–H and O–H groups in total. The number of rotatable bonds is 18. The van der Waals surface area contributed by atoms with Gasteiger partial charge in [0.15, 0.2) is 12.2 Å². The molecule has 2 aromatic carbocycles. The summed E-state index contributed by atoms with van der Waals surface area (Å²) in [7, 11) is 2.94. The molecule has 0 spiro atoms. The molecule has 13 heteroatoms. The van der Waals surface area contributed by atoms with E-state index in [2.05, 4.69) is 4.90 Å². The Balaban J connectivity index is 1.85. The van der Waals surface area contributed by atoms with Crippen LogP contribution in [-0.2, 0) is 55.9 Å². The van der Waals surface area contributed by atoms with Crippen LogP contribution in [0.5, 0.6) is 0 Å². The summed E-state index contributed by atoms with van der Waals surface area (Å²) in [6, 6.07) is 15.0. The molecule has 2 aromatic rings. The lowest BCUT2D eigenvalue weighted by Crippen LogP contribution is -2.52. The van der Waals surface area contributed by atoms with Gasteiger partial charge >= 0.3 is 24.0 Å². The van der Waals surface area contributed by atoms with Gasteiger partial charge in [-0.25, -0.2) is 19.2 Å². The quantitative estimate of drug-likeness (QED) is 0.126. The minimum absolute atomic E-state index is 0.00851. The monoisotopic (exact) mass is 781 g/mol. The molecule has 1 aliphatic heterocycles. The summed E-state index contributed by atoms with van der Waals surface area (Å²) in [6.45, 7) is 17.2. The molecule has 1 fully saturated rings. The van der Waals surface area contributed by atoms with Crippen LogP contribution >= 0.6 is 0 Å². The van der Waals surface area contributed by atoms with E-state index in [-0.39, 0.29) is 37.7 Å². The molecule has 2 amide bonds. The van der Waals surface area contributed by atoms with Crippen molar-refractivity contribution in [3.8, 4) is 0 Å². The summed E-state index contributed by atoms with van der Waals surface area (Å²) in [5.74, 6) is -2.95. The van der Waals surface area contributed by atoms with Crippen LogP contribution in [0.25, 0.3) is 0 Å². The Labute approximate surface area is 332 Å². The van der Waals surface area contributed by atoms with Crippen LogP contribution in [0.15, 0.2) is 54.6 Å². The van der Waals surface area contributed by atoms with Crippen molar-refractivity contribution in [3.05, 3.63) is 65.7 Å². The zero-order valence-corrected chi connectivity index (χ0v) is 34.9. The van der Waals surface area contributed by atoms with Crippen LogP contribution in [0, 0.1) is 11.8 Å². The second-order valence-electron chi connectivity index (χ2n) is 16.2.